The Morgan fingerprint density at radius 1 is 0.532 bits per heavy atom. The van der Waals surface area contributed by atoms with Crippen LogP contribution in [0.25, 0.3) is 0 Å². The third kappa shape index (κ3) is 42.9. The summed E-state index contributed by atoms with van der Waals surface area (Å²) in [5, 5.41) is 15.8. The standard InChI is InChI=1S/C37H70N8O11.C5H10S/c1-28(35(39)50)10-3-6-16-42-33(48)26-55-24-23-54-21-19-44-34(49)27-56-25-22-53-20-18-43-32(47)14-9-13-31(46)41-15-8-5-12-30(38)37(52)45-17-7-4-11-29(2)36(40)51;1-3-4-5-6-2/h28-30H,3-27,38H2,1-2H3,(H2,39,50)(H2,40,51)(H,41,46)(H,42,48)(H,43,47)(H,44,49)(H,45,52);4-5H,3H2,1-2H3/t28-,29-,30-;/m0./s1. The van der Waals surface area contributed by atoms with E-state index in [0.717, 1.165) is 32.1 Å². The molecule has 0 rings (SSSR count). The van der Waals surface area contributed by atoms with Gasteiger partial charge in [-0.25, -0.2) is 0 Å². The molecular formula is C42H80N8O11S. The van der Waals surface area contributed by atoms with Crippen molar-refractivity contribution in [2.45, 2.75) is 110 Å². The van der Waals surface area contributed by atoms with E-state index in [9.17, 15) is 33.6 Å². The number of ether oxygens (including phenoxy) is 4. The number of thioether (sulfide) groups is 1. The first-order chi connectivity index (χ1) is 29.7. The van der Waals surface area contributed by atoms with Gasteiger partial charge in [-0.1, -0.05) is 39.7 Å². The third-order valence-electron chi connectivity index (χ3n) is 8.94. The van der Waals surface area contributed by atoms with Gasteiger partial charge in [0.25, 0.3) is 0 Å². The summed E-state index contributed by atoms with van der Waals surface area (Å²) in [4.78, 5) is 81.8. The van der Waals surface area contributed by atoms with Crippen LogP contribution in [0.2, 0.25) is 0 Å². The van der Waals surface area contributed by atoms with E-state index >= 15 is 0 Å². The minimum Gasteiger partial charge on any atom is -0.377 e. The zero-order valence-corrected chi connectivity index (χ0v) is 38.7. The lowest BCUT2D eigenvalue weighted by molar-refractivity contribution is -0.127. The summed E-state index contributed by atoms with van der Waals surface area (Å²) in [6.45, 7) is 9.06. The van der Waals surface area contributed by atoms with Crippen molar-refractivity contribution in [1.82, 2.24) is 26.6 Å². The van der Waals surface area contributed by atoms with E-state index < -0.39 is 6.04 Å². The largest absolute Gasteiger partial charge is 0.377 e. The maximum atomic E-state index is 12.1. The number of hydrogen-bond donors (Lipinski definition) is 8. The van der Waals surface area contributed by atoms with Crippen molar-refractivity contribution < 1.29 is 52.5 Å². The molecule has 0 saturated carbocycles. The van der Waals surface area contributed by atoms with E-state index in [1.54, 1.807) is 25.6 Å². The predicted molar refractivity (Wildman–Crippen MR) is 241 cm³/mol. The molecule has 20 heteroatoms. The molecule has 0 saturated heterocycles. The van der Waals surface area contributed by atoms with Crippen LogP contribution in [-0.4, -0.2) is 139 Å². The van der Waals surface area contributed by atoms with Gasteiger partial charge in [0, 0.05) is 57.4 Å². The van der Waals surface area contributed by atoms with Crippen LogP contribution < -0.4 is 43.8 Å². The van der Waals surface area contributed by atoms with Crippen LogP contribution in [0.5, 0.6) is 0 Å². The van der Waals surface area contributed by atoms with Gasteiger partial charge in [0.2, 0.25) is 41.4 Å². The number of rotatable bonds is 40. The Labute approximate surface area is 373 Å². The Kier molecular flexibility index (Phi) is 42.6. The molecule has 62 heavy (non-hydrogen) atoms. The average Bonchev–Trinajstić information content (AvgIpc) is 3.24. The molecule has 0 bridgehead atoms. The number of carbonyl (C=O) groups excluding carboxylic acids is 7. The minimum atomic E-state index is -0.618. The summed E-state index contributed by atoms with van der Waals surface area (Å²) in [6.07, 6.45) is 12.5. The van der Waals surface area contributed by atoms with Gasteiger partial charge in [-0.3, -0.25) is 33.6 Å². The highest BCUT2D eigenvalue weighted by atomic mass is 32.2. The molecule has 0 radical (unpaired) electrons. The SMILES string of the molecule is CCC=CSC.C[C@@H](CCCCNC(=O)COCCOCCNC(=O)COCCOCCNC(=O)CCCC(=O)NCCCC[C@H](N)C(=O)NCCCC[C@H](C)C(N)=O)C(N)=O. The lowest BCUT2D eigenvalue weighted by Crippen LogP contribution is -2.41. The van der Waals surface area contributed by atoms with Gasteiger partial charge in [-0.15, -0.1) is 11.8 Å². The van der Waals surface area contributed by atoms with Crippen LogP contribution in [0, 0.1) is 11.8 Å². The highest BCUT2D eigenvalue weighted by Gasteiger charge is 2.13. The van der Waals surface area contributed by atoms with Crippen LogP contribution in [0.15, 0.2) is 11.5 Å². The molecule has 0 aliphatic heterocycles. The second-order valence-electron chi connectivity index (χ2n) is 14.6. The van der Waals surface area contributed by atoms with Crippen molar-refractivity contribution in [1.29, 1.82) is 0 Å². The van der Waals surface area contributed by atoms with Gasteiger partial charge in [0.05, 0.1) is 45.7 Å². The van der Waals surface area contributed by atoms with Crippen LogP contribution in [0.1, 0.15) is 104 Å². The monoisotopic (exact) mass is 905 g/mol. The summed E-state index contributed by atoms with van der Waals surface area (Å²) in [7, 11) is 0. The van der Waals surface area contributed by atoms with E-state index in [1.807, 2.05) is 0 Å². The number of amides is 7. The van der Waals surface area contributed by atoms with Gasteiger partial charge in [0.1, 0.15) is 13.2 Å². The first kappa shape index (κ1) is 60.3. The van der Waals surface area contributed by atoms with E-state index in [0.29, 0.717) is 71.2 Å². The first-order valence-electron chi connectivity index (χ1n) is 21.9. The molecule has 0 aromatic rings. The van der Waals surface area contributed by atoms with Gasteiger partial charge >= 0.3 is 0 Å². The smallest absolute Gasteiger partial charge is 0.246 e. The van der Waals surface area contributed by atoms with E-state index in [2.05, 4.69) is 51.2 Å². The molecule has 11 N–H and O–H groups in total. The number of hydrogen-bond acceptors (Lipinski definition) is 13. The molecule has 0 heterocycles. The van der Waals surface area contributed by atoms with Crippen LogP contribution in [0.3, 0.4) is 0 Å². The molecule has 0 spiro atoms. The second kappa shape index (κ2) is 43.8. The van der Waals surface area contributed by atoms with Crippen LogP contribution >= 0.6 is 11.8 Å². The molecule has 19 nitrogen and oxygen atoms in total. The highest BCUT2D eigenvalue weighted by molar-refractivity contribution is 8.01. The van der Waals surface area contributed by atoms with Gasteiger partial charge in [-0.2, -0.15) is 0 Å². The van der Waals surface area contributed by atoms with E-state index in [4.69, 9.17) is 36.1 Å². The quantitative estimate of drug-likeness (QED) is 0.0401. The molecular weight excluding hydrogens is 825 g/mol. The molecule has 0 aliphatic carbocycles. The van der Waals surface area contributed by atoms with Crippen molar-refractivity contribution in [3.63, 3.8) is 0 Å². The number of nitrogens with one attached hydrogen (secondary N) is 5. The van der Waals surface area contributed by atoms with E-state index in [-0.39, 0.29) is 119 Å². The van der Waals surface area contributed by atoms with Crippen LogP contribution in [0.4, 0.5) is 0 Å². The number of unbranched alkanes of at least 4 members (excludes halogenated alkanes) is 3. The van der Waals surface area contributed by atoms with Gasteiger partial charge < -0.3 is 62.7 Å². The normalized spacial score (nSPS) is 12.3. The van der Waals surface area contributed by atoms with Crippen molar-refractivity contribution in [2.24, 2.45) is 29.0 Å². The molecule has 0 aromatic heterocycles. The molecule has 3 atom stereocenters. The lowest BCUT2D eigenvalue weighted by Gasteiger charge is -2.13. The fourth-order valence-corrected chi connectivity index (χ4v) is 5.41. The summed E-state index contributed by atoms with van der Waals surface area (Å²) < 4.78 is 21.3. The topological polar surface area (TPSA) is 295 Å². The number of carbonyl (C=O) groups is 7. The Morgan fingerprint density at radius 3 is 1.37 bits per heavy atom. The Hall–Kier alpha value is -3.82. The van der Waals surface area contributed by atoms with E-state index in [1.165, 1.54) is 0 Å². The molecule has 360 valence electrons. The Morgan fingerprint density at radius 2 is 0.935 bits per heavy atom. The first-order valence-corrected chi connectivity index (χ1v) is 23.2. The summed E-state index contributed by atoms with van der Waals surface area (Å²) >= 11 is 1.75. The van der Waals surface area contributed by atoms with Crippen molar-refractivity contribution in [3.8, 4) is 0 Å². The third-order valence-corrected chi connectivity index (χ3v) is 9.41. The summed E-state index contributed by atoms with van der Waals surface area (Å²) in [6, 6.07) is -0.618. The Balaban J connectivity index is 0. The second-order valence-corrected chi connectivity index (χ2v) is 15.3. The fourth-order valence-electron chi connectivity index (χ4n) is 5.03. The maximum Gasteiger partial charge on any atom is 0.246 e. The molecule has 0 fully saturated rings. The minimum absolute atomic E-state index is 0.0772. The van der Waals surface area contributed by atoms with Crippen molar-refractivity contribution >= 4 is 53.1 Å². The van der Waals surface area contributed by atoms with Crippen molar-refractivity contribution in [2.75, 3.05) is 91.8 Å². The molecule has 0 unspecified atom stereocenters. The molecule has 0 aliphatic rings. The predicted octanol–water partition coefficient (Wildman–Crippen LogP) is 1.16. The molecule has 0 aromatic carbocycles. The summed E-state index contributed by atoms with van der Waals surface area (Å²) in [5.74, 6) is -2.05. The lowest BCUT2D eigenvalue weighted by atomic mass is 10.0. The number of nitrogens with two attached hydrogens (primary N) is 3. The Bertz CT molecular complexity index is 1240. The highest BCUT2D eigenvalue weighted by Crippen LogP contribution is 2.07. The maximum absolute atomic E-state index is 12.1. The van der Waals surface area contributed by atoms with Crippen LogP contribution in [-0.2, 0) is 52.5 Å². The van der Waals surface area contributed by atoms with Crippen molar-refractivity contribution in [3.05, 3.63) is 11.5 Å². The zero-order chi connectivity index (χ0) is 46.6. The molecule has 7 amide bonds. The van der Waals surface area contributed by atoms with Gasteiger partial charge in [-0.05, 0) is 69.5 Å². The number of primary amides is 2. The fraction of sp³-hybridized carbons (Fsp3) is 0.786. The number of allylic oxidation sites excluding steroid dienone is 1. The summed E-state index contributed by atoms with van der Waals surface area (Å²) in [5.41, 5.74) is 16.4. The zero-order valence-electron chi connectivity index (χ0n) is 37.9. The average molecular weight is 905 g/mol. The van der Waals surface area contributed by atoms with Gasteiger partial charge in [0.15, 0.2) is 0 Å².